The van der Waals surface area contributed by atoms with Crippen LogP contribution in [0.5, 0.6) is 0 Å². The third kappa shape index (κ3) is 4.07. The second-order valence-corrected chi connectivity index (χ2v) is 6.21. The highest BCUT2D eigenvalue weighted by molar-refractivity contribution is 5.78. The van der Waals surface area contributed by atoms with E-state index in [0.717, 1.165) is 11.4 Å². The molecule has 0 amide bonds. The predicted molar refractivity (Wildman–Crippen MR) is 86.5 cm³/mol. The fourth-order valence-electron chi connectivity index (χ4n) is 2.08. The number of nitrogens with two attached hydrogens (primary N) is 1. The highest BCUT2D eigenvalue weighted by Gasteiger charge is 2.10. The Labute approximate surface area is 130 Å². The molecule has 0 aliphatic heterocycles. The second-order valence-electron chi connectivity index (χ2n) is 6.21. The average Bonchev–Trinajstić information content (AvgIpc) is 2.81. The Hall–Kier alpha value is -2.37. The molecule has 0 aliphatic carbocycles. The third-order valence-electron chi connectivity index (χ3n) is 3.03. The van der Waals surface area contributed by atoms with Crippen molar-refractivity contribution >= 4 is 5.96 Å². The molecule has 1 aromatic carbocycles. The molecule has 6 heteroatoms. The Morgan fingerprint density at radius 1 is 1.41 bits per heavy atom. The fourth-order valence-corrected chi connectivity index (χ4v) is 2.08. The van der Waals surface area contributed by atoms with Crippen molar-refractivity contribution in [1.29, 1.82) is 0 Å². The molecule has 5 nitrogen and oxygen atoms in total. The van der Waals surface area contributed by atoms with Gasteiger partial charge in [0.25, 0.3) is 0 Å². The molecule has 0 saturated carbocycles. The SMILES string of the molecule is Cc1nccn1-c1ccc(CN=C(N)NC(C)(C)C)cc1F. The van der Waals surface area contributed by atoms with Gasteiger partial charge < -0.3 is 15.6 Å². The Kier molecular flexibility index (Phi) is 4.49. The molecule has 22 heavy (non-hydrogen) atoms. The van der Waals surface area contributed by atoms with Gasteiger partial charge in [0.2, 0.25) is 0 Å². The normalized spacial score (nSPS) is 12.5. The van der Waals surface area contributed by atoms with E-state index in [9.17, 15) is 4.39 Å². The minimum absolute atomic E-state index is 0.151. The number of hydrogen-bond acceptors (Lipinski definition) is 2. The van der Waals surface area contributed by atoms with E-state index < -0.39 is 0 Å². The molecule has 0 fully saturated rings. The maximum absolute atomic E-state index is 14.2. The zero-order valence-electron chi connectivity index (χ0n) is 13.4. The van der Waals surface area contributed by atoms with Crippen molar-refractivity contribution in [2.45, 2.75) is 39.8 Å². The van der Waals surface area contributed by atoms with Gasteiger partial charge in [-0.3, -0.25) is 0 Å². The van der Waals surface area contributed by atoms with Gasteiger partial charge in [-0.05, 0) is 45.4 Å². The largest absolute Gasteiger partial charge is 0.370 e. The molecular weight excluding hydrogens is 281 g/mol. The summed E-state index contributed by atoms with van der Waals surface area (Å²) >= 11 is 0. The van der Waals surface area contributed by atoms with Gasteiger partial charge in [-0.2, -0.15) is 0 Å². The fraction of sp³-hybridized carbons (Fsp3) is 0.375. The summed E-state index contributed by atoms with van der Waals surface area (Å²) in [5.41, 5.74) is 6.89. The number of nitrogens with one attached hydrogen (secondary N) is 1. The molecular formula is C16H22FN5. The van der Waals surface area contributed by atoms with Crippen LogP contribution in [0.2, 0.25) is 0 Å². The second kappa shape index (κ2) is 6.17. The summed E-state index contributed by atoms with van der Waals surface area (Å²) in [6, 6.07) is 5.04. The van der Waals surface area contributed by atoms with E-state index in [-0.39, 0.29) is 11.4 Å². The lowest BCUT2D eigenvalue weighted by molar-refractivity contribution is 0.508. The zero-order valence-corrected chi connectivity index (χ0v) is 13.4. The van der Waals surface area contributed by atoms with Gasteiger partial charge in [0.05, 0.1) is 12.2 Å². The number of imidazole rings is 1. The number of rotatable bonds is 3. The summed E-state index contributed by atoms with van der Waals surface area (Å²) in [6.45, 7) is 8.15. The van der Waals surface area contributed by atoms with Crippen molar-refractivity contribution in [2.24, 2.45) is 10.7 Å². The van der Waals surface area contributed by atoms with Crippen LogP contribution in [0.1, 0.15) is 32.2 Å². The van der Waals surface area contributed by atoms with E-state index in [1.165, 1.54) is 6.07 Å². The minimum Gasteiger partial charge on any atom is -0.370 e. The molecule has 0 spiro atoms. The first-order valence-corrected chi connectivity index (χ1v) is 7.13. The molecule has 0 radical (unpaired) electrons. The number of hydrogen-bond donors (Lipinski definition) is 2. The Morgan fingerprint density at radius 3 is 2.68 bits per heavy atom. The predicted octanol–water partition coefficient (Wildman–Crippen LogP) is 2.52. The van der Waals surface area contributed by atoms with E-state index in [0.29, 0.717) is 18.2 Å². The topological polar surface area (TPSA) is 68.2 Å². The van der Waals surface area contributed by atoms with Crippen LogP contribution < -0.4 is 11.1 Å². The maximum Gasteiger partial charge on any atom is 0.189 e. The molecule has 0 aliphatic rings. The first-order chi connectivity index (χ1) is 10.3. The molecule has 0 saturated heterocycles. The first-order valence-electron chi connectivity index (χ1n) is 7.13. The van der Waals surface area contributed by atoms with Crippen LogP contribution >= 0.6 is 0 Å². The standard InChI is InChI=1S/C16H22FN5/c1-11-19-7-8-22(11)14-6-5-12(9-13(14)17)10-20-15(18)21-16(2,3)4/h5-9H,10H2,1-4H3,(H3,18,20,21). The van der Waals surface area contributed by atoms with Crippen molar-refractivity contribution in [2.75, 3.05) is 0 Å². The maximum atomic E-state index is 14.2. The van der Waals surface area contributed by atoms with E-state index in [4.69, 9.17) is 5.73 Å². The van der Waals surface area contributed by atoms with Crippen molar-refractivity contribution < 1.29 is 4.39 Å². The summed E-state index contributed by atoms with van der Waals surface area (Å²) in [4.78, 5) is 8.33. The van der Waals surface area contributed by atoms with Crippen LogP contribution in [-0.2, 0) is 6.54 Å². The van der Waals surface area contributed by atoms with Crippen LogP contribution in [0.3, 0.4) is 0 Å². The molecule has 0 unspecified atom stereocenters. The molecule has 1 aromatic heterocycles. The van der Waals surface area contributed by atoms with Crippen molar-refractivity contribution in [3.05, 3.63) is 47.8 Å². The van der Waals surface area contributed by atoms with Crippen molar-refractivity contribution in [3.8, 4) is 5.69 Å². The number of aromatic nitrogens is 2. The summed E-state index contributed by atoms with van der Waals surface area (Å²) in [5.74, 6) is 0.780. The highest BCUT2D eigenvalue weighted by Crippen LogP contribution is 2.17. The monoisotopic (exact) mass is 303 g/mol. The Bertz CT molecular complexity index is 682. The van der Waals surface area contributed by atoms with E-state index in [1.54, 1.807) is 23.0 Å². The molecule has 0 bridgehead atoms. The number of halogens is 1. The summed E-state index contributed by atoms with van der Waals surface area (Å²) < 4.78 is 16.0. The smallest absolute Gasteiger partial charge is 0.189 e. The van der Waals surface area contributed by atoms with E-state index >= 15 is 0 Å². The molecule has 118 valence electrons. The lowest BCUT2D eigenvalue weighted by atomic mass is 10.1. The van der Waals surface area contributed by atoms with Crippen LogP contribution in [0.25, 0.3) is 5.69 Å². The van der Waals surface area contributed by atoms with Gasteiger partial charge in [-0.15, -0.1) is 0 Å². The summed E-state index contributed by atoms with van der Waals surface area (Å²) in [5, 5.41) is 3.07. The van der Waals surface area contributed by atoms with Crippen LogP contribution in [-0.4, -0.2) is 21.0 Å². The number of benzene rings is 1. The van der Waals surface area contributed by atoms with Crippen LogP contribution in [0, 0.1) is 12.7 Å². The molecule has 0 atom stereocenters. The number of nitrogens with zero attached hydrogens (tertiary/aromatic N) is 3. The van der Waals surface area contributed by atoms with E-state index in [2.05, 4.69) is 15.3 Å². The number of aliphatic imine (C=N–C) groups is 1. The Morgan fingerprint density at radius 2 is 2.14 bits per heavy atom. The van der Waals surface area contributed by atoms with Crippen LogP contribution in [0.4, 0.5) is 4.39 Å². The van der Waals surface area contributed by atoms with Crippen molar-refractivity contribution in [3.63, 3.8) is 0 Å². The van der Waals surface area contributed by atoms with Gasteiger partial charge in [0.1, 0.15) is 11.6 Å². The number of aryl methyl sites for hydroxylation is 1. The van der Waals surface area contributed by atoms with Gasteiger partial charge >= 0.3 is 0 Å². The Balaban J connectivity index is 2.14. The van der Waals surface area contributed by atoms with Gasteiger partial charge in [-0.25, -0.2) is 14.4 Å². The third-order valence-corrected chi connectivity index (χ3v) is 3.03. The average molecular weight is 303 g/mol. The molecule has 1 heterocycles. The molecule has 2 rings (SSSR count). The van der Waals surface area contributed by atoms with Gasteiger partial charge in [0, 0.05) is 17.9 Å². The van der Waals surface area contributed by atoms with Crippen molar-refractivity contribution in [1.82, 2.24) is 14.9 Å². The first kappa shape index (κ1) is 16.0. The lowest BCUT2D eigenvalue weighted by Crippen LogP contribution is -2.44. The summed E-state index contributed by atoms with van der Waals surface area (Å²) in [6.07, 6.45) is 3.38. The van der Waals surface area contributed by atoms with Gasteiger partial charge in [-0.1, -0.05) is 6.07 Å². The van der Waals surface area contributed by atoms with E-state index in [1.807, 2.05) is 33.8 Å². The minimum atomic E-state index is -0.309. The summed E-state index contributed by atoms with van der Waals surface area (Å²) in [7, 11) is 0. The molecule has 3 N–H and O–H groups in total. The highest BCUT2D eigenvalue weighted by atomic mass is 19.1. The molecule has 2 aromatic rings. The van der Waals surface area contributed by atoms with Crippen LogP contribution in [0.15, 0.2) is 35.6 Å². The quantitative estimate of drug-likeness (QED) is 0.676. The lowest BCUT2D eigenvalue weighted by Gasteiger charge is -2.21. The van der Waals surface area contributed by atoms with Gasteiger partial charge in [0.15, 0.2) is 5.96 Å². The number of guanidine groups is 1. The zero-order chi connectivity index (χ0) is 16.3.